The molecule has 1 saturated heterocycles. The van der Waals surface area contributed by atoms with E-state index in [9.17, 15) is 0 Å². The van der Waals surface area contributed by atoms with Crippen molar-refractivity contribution in [3.63, 3.8) is 0 Å². The van der Waals surface area contributed by atoms with Crippen LogP contribution in [0.3, 0.4) is 0 Å². The van der Waals surface area contributed by atoms with Crippen LogP contribution in [0.4, 0.5) is 5.82 Å². The van der Waals surface area contributed by atoms with Crippen molar-refractivity contribution in [3.8, 4) is 16.9 Å². The molecule has 5 nitrogen and oxygen atoms in total. The summed E-state index contributed by atoms with van der Waals surface area (Å²) in [6.07, 6.45) is 1.67. The van der Waals surface area contributed by atoms with Crippen molar-refractivity contribution in [1.29, 1.82) is 0 Å². The quantitative estimate of drug-likeness (QED) is 0.909. The van der Waals surface area contributed by atoms with Crippen molar-refractivity contribution >= 4 is 17.4 Å². The molecule has 1 aromatic carbocycles. The second-order valence-corrected chi connectivity index (χ2v) is 5.84. The zero-order valence-corrected chi connectivity index (χ0v) is 11.9. The number of nitrogens with zero attached hydrogens (tertiary/aromatic N) is 1. The summed E-state index contributed by atoms with van der Waals surface area (Å²) >= 11 is 6.26. The Hall–Kier alpha value is -1.72. The van der Waals surface area contributed by atoms with Crippen LogP contribution in [0.15, 0.2) is 24.4 Å². The first-order chi connectivity index (χ1) is 9.57. The number of anilines is 1. The van der Waals surface area contributed by atoms with E-state index in [1.54, 1.807) is 6.20 Å². The third-order valence-corrected chi connectivity index (χ3v) is 3.68. The molecule has 1 aliphatic rings. The van der Waals surface area contributed by atoms with E-state index in [0.29, 0.717) is 23.2 Å². The van der Waals surface area contributed by atoms with Crippen LogP contribution in [-0.4, -0.2) is 30.0 Å². The van der Waals surface area contributed by atoms with Crippen LogP contribution >= 0.6 is 11.6 Å². The Labute approximate surface area is 122 Å². The van der Waals surface area contributed by atoms with Gasteiger partial charge >= 0.3 is 0 Å². The number of nitrogens with two attached hydrogens (primary N) is 1. The summed E-state index contributed by atoms with van der Waals surface area (Å²) in [4.78, 5) is 0. The average molecular weight is 294 g/mol. The molecule has 1 fully saturated rings. The summed E-state index contributed by atoms with van der Waals surface area (Å²) in [7, 11) is 0. The maximum absolute atomic E-state index is 6.26. The molecule has 0 saturated carbocycles. The second-order valence-electron chi connectivity index (χ2n) is 5.43. The van der Waals surface area contributed by atoms with Crippen LogP contribution in [0.2, 0.25) is 5.02 Å². The van der Waals surface area contributed by atoms with Gasteiger partial charge in [0.2, 0.25) is 0 Å². The van der Waals surface area contributed by atoms with Crippen LogP contribution in [0.5, 0.6) is 5.75 Å². The SMILES string of the molecule is CC1(COc2ccc(-c3cn[nH]c3N)cc2Cl)COC1. The number of halogens is 1. The smallest absolute Gasteiger partial charge is 0.137 e. The summed E-state index contributed by atoms with van der Waals surface area (Å²) in [6.45, 7) is 4.19. The molecule has 0 atom stereocenters. The maximum atomic E-state index is 6.26. The normalized spacial score (nSPS) is 16.7. The molecule has 0 amide bonds. The fourth-order valence-electron chi connectivity index (χ4n) is 2.10. The number of aromatic amines is 1. The van der Waals surface area contributed by atoms with E-state index in [1.165, 1.54) is 0 Å². The molecular weight excluding hydrogens is 278 g/mol. The van der Waals surface area contributed by atoms with Gasteiger partial charge in [0.05, 0.1) is 31.0 Å². The van der Waals surface area contributed by atoms with Crippen LogP contribution in [0.1, 0.15) is 6.92 Å². The van der Waals surface area contributed by atoms with E-state index in [1.807, 2.05) is 18.2 Å². The Morgan fingerprint density at radius 1 is 1.50 bits per heavy atom. The highest BCUT2D eigenvalue weighted by Crippen LogP contribution is 2.34. The molecule has 1 aliphatic heterocycles. The summed E-state index contributed by atoms with van der Waals surface area (Å²) in [5, 5.41) is 7.16. The number of hydrogen-bond acceptors (Lipinski definition) is 4. The monoisotopic (exact) mass is 293 g/mol. The molecule has 0 radical (unpaired) electrons. The molecule has 0 spiro atoms. The molecule has 6 heteroatoms. The molecule has 106 valence electrons. The summed E-state index contributed by atoms with van der Waals surface area (Å²) < 4.78 is 11.0. The van der Waals surface area contributed by atoms with E-state index < -0.39 is 0 Å². The van der Waals surface area contributed by atoms with E-state index in [-0.39, 0.29) is 5.41 Å². The van der Waals surface area contributed by atoms with Gasteiger partial charge in [-0.1, -0.05) is 24.6 Å². The first kappa shape index (κ1) is 13.3. The molecule has 3 N–H and O–H groups in total. The molecule has 2 aromatic rings. The first-order valence-corrected chi connectivity index (χ1v) is 6.74. The van der Waals surface area contributed by atoms with E-state index >= 15 is 0 Å². The molecule has 20 heavy (non-hydrogen) atoms. The predicted molar refractivity (Wildman–Crippen MR) is 77.9 cm³/mol. The second kappa shape index (κ2) is 5.00. The van der Waals surface area contributed by atoms with Crippen molar-refractivity contribution in [1.82, 2.24) is 10.2 Å². The molecular formula is C14H16ClN3O2. The zero-order valence-electron chi connectivity index (χ0n) is 11.1. The van der Waals surface area contributed by atoms with Gasteiger partial charge in [0.25, 0.3) is 0 Å². The van der Waals surface area contributed by atoms with Crippen LogP contribution < -0.4 is 10.5 Å². The number of rotatable bonds is 4. The van der Waals surface area contributed by atoms with Gasteiger partial charge in [-0.15, -0.1) is 0 Å². The molecule has 3 rings (SSSR count). The van der Waals surface area contributed by atoms with Gasteiger partial charge in [0, 0.05) is 11.0 Å². The van der Waals surface area contributed by atoms with Crippen molar-refractivity contribution in [2.45, 2.75) is 6.92 Å². The van der Waals surface area contributed by atoms with Crippen molar-refractivity contribution in [3.05, 3.63) is 29.4 Å². The van der Waals surface area contributed by atoms with Gasteiger partial charge in [-0.3, -0.25) is 5.10 Å². The lowest BCUT2D eigenvalue weighted by Crippen LogP contribution is -2.44. The Morgan fingerprint density at radius 2 is 2.30 bits per heavy atom. The molecule has 2 heterocycles. The lowest BCUT2D eigenvalue weighted by Gasteiger charge is -2.37. The lowest BCUT2D eigenvalue weighted by molar-refractivity contribution is -0.120. The van der Waals surface area contributed by atoms with Gasteiger partial charge in [0.1, 0.15) is 11.6 Å². The maximum Gasteiger partial charge on any atom is 0.137 e. The van der Waals surface area contributed by atoms with Gasteiger partial charge in [0.15, 0.2) is 0 Å². The van der Waals surface area contributed by atoms with Crippen LogP contribution in [-0.2, 0) is 4.74 Å². The summed E-state index contributed by atoms with van der Waals surface area (Å²) in [6, 6.07) is 5.60. The number of aromatic nitrogens is 2. The number of H-pyrrole nitrogens is 1. The summed E-state index contributed by atoms with van der Waals surface area (Å²) in [5.41, 5.74) is 7.63. The fraction of sp³-hybridized carbons (Fsp3) is 0.357. The van der Waals surface area contributed by atoms with E-state index in [0.717, 1.165) is 24.3 Å². The predicted octanol–water partition coefficient (Wildman–Crippen LogP) is 2.73. The summed E-state index contributed by atoms with van der Waals surface area (Å²) in [5.74, 6) is 1.19. The minimum Gasteiger partial charge on any atom is -0.491 e. The van der Waals surface area contributed by atoms with Crippen LogP contribution in [0.25, 0.3) is 11.1 Å². The van der Waals surface area contributed by atoms with Crippen LogP contribution in [0, 0.1) is 5.41 Å². The molecule has 0 unspecified atom stereocenters. The van der Waals surface area contributed by atoms with Crippen molar-refractivity contribution in [2.24, 2.45) is 5.41 Å². The highest BCUT2D eigenvalue weighted by Gasteiger charge is 2.34. The number of nitrogen functional groups attached to an aromatic ring is 1. The third-order valence-electron chi connectivity index (χ3n) is 3.39. The minimum absolute atomic E-state index is 0.0942. The van der Waals surface area contributed by atoms with Gasteiger partial charge < -0.3 is 15.2 Å². The highest BCUT2D eigenvalue weighted by atomic mass is 35.5. The zero-order chi connectivity index (χ0) is 14.2. The molecule has 1 aromatic heterocycles. The number of hydrogen-bond donors (Lipinski definition) is 2. The average Bonchev–Trinajstić information content (AvgIpc) is 2.81. The first-order valence-electron chi connectivity index (χ1n) is 6.37. The Kier molecular flexibility index (Phi) is 3.31. The number of benzene rings is 1. The van der Waals surface area contributed by atoms with Gasteiger partial charge in [-0.25, -0.2) is 0 Å². The minimum atomic E-state index is 0.0942. The number of ether oxygens (including phenoxy) is 2. The number of nitrogens with one attached hydrogen (secondary N) is 1. The Morgan fingerprint density at radius 3 is 2.85 bits per heavy atom. The standard InChI is InChI=1S/C14H16ClN3O2/c1-14(6-19-7-14)8-20-12-3-2-9(4-11(12)15)10-5-17-18-13(10)16/h2-5H,6-8H2,1H3,(H3,16,17,18). The highest BCUT2D eigenvalue weighted by molar-refractivity contribution is 6.32. The van der Waals surface area contributed by atoms with Gasteiger partial charge in [-0.2, -0.15) is 5.10 Å². The van der Waals surface area contributed by atoms with Gasteiger partial charge in [-0.05, 0) is 17.7 Å². The fourth-order valence-corrected chi connectivity index (χ4v) is 2.33. The molecule has 0 bridgehead atoms. The Balaban J connectivity index is 1.76. The lowest BCUT2D eigenvalue weighted by atomic mass is 9.90. The van der Waals surface area contributed by atoms with Crippen molar-refractivity contribution < 1.29 is 9.47 Å². The van der Waals surface area contributed by atoms with E-state index in [4.69, 9.17) is 26.8 Å². The Bertz CT molecular complexity index is 623. The largest absolute Gasteiger partial charge is 0.491 e. The third kappa shape index (κ3) is 2.46. The molecule has 0 aliphatic carbocycles. The van der Waals surface area contributed by atoms with Crippen molar-refractivity contribution in [2.75, 3.05) is 25.6 Å². The topological polar surface area (TPSA) is 73.2 Å². The van der Waals surface area contributed by atoms with E-state index in [2.05, 4.69) is 17.1 Å².